The van der Waals surface area contributed by atoms with Crippen LogP contribution < -0.4 is 10.2 Å². The largest absolute Gasteiger partial charge is 0.370 e. The predicted molar refractivity (Wildman–Crippen MR) is 76.0 cm³/mol. The van der Waals surface area contributed by atoms with Crippen molar-refractivity contribution >= 4 is 11.6 Å². The molecule has 1 saturated carbocycles. The van der Waals surface area contributed by atoms with Crippen LogP contribution in [0.1, 0.15) is 32.1 Å². The van der Waals surface area contributed by atoms with Crippen molar-refractivity contribution in [3.05, 3.63) is 12.4 Å². The third kappa shape index (κ3) is 4.09. The normalized spacial score (nSPS) is 15.2. The Morgan fingerprint density at radius 2 is 2.21 bits per heavy atom. The van der Waals surface area contributed by atoms with Gasteiger partial charge in [-0.25, -0.2) is 9.97 Å². The second-order valence-electron chi connectivity index (χ2n) is 5.12. The molecule has 1 aromatic rings. The van der Waals surface area contributed by atoms with Crippen molar-refractivity contribution in [3.8, 4) is 6.07 Å². The molecule has 5 heteroatoms. The lowest BCUT2D eigenvalue weighted by molar-refractivity contribution is 0.579. The van der Waals surface area contributed by atoms with Gasteiger partial charge in [-0.2, -0.15) is 5.26 Å². The van der Waals surface area contributed by atoms with E-state index in [0.29, 0.717) is 13.0 Å². The summed E-state index contributed by atoms with van der Waals surface area (Å²) < 4.78 is 0. The number of anilines is 2. The number of hydrogen-bond acceptors (Lipinski definition) is 5. The molecule has 1 N–H and O–H groups in total. The first kappa shape index (κ1) is 13.6. The van der Waals surface area contributed by atoms with E-state index in [9.17, 15) is 0 Å². The van der Waals surface area contributed by atoms with Gasteiger partial charge in [-0.15, -0.1) is 0 Å². The Hall–Kier alpha value is -1.83. The molecule has 0 aliphatic heterocycles. The summed E-state index contributed by atoms with van der Waals surface area (Å²) in [6, 6.07) is 4.10. The van der Waals surface area contributed by atoms with Crippen molar-refractivity contribution in [3.63, 3.8) is 0 Å². The molecule has 19 heavy (non-hydrogen) atoms. The number of hydrogen-bond donors (Lipinski definition) is 1. The van der Waals surface area contributed by atoms with Crippen LogP contribution in [0.3, 0.4) is 0 Å². The molecule has 0 unspecified atom stereocenters. The van der Waals surface area contributed by atoms with Crippen LogP contribution in [-0.2, 0) is 0 Å². The molecular weight excluding hydrogens is 238 g/mol. The molecule has 0 bridgehead atoms. The Morgan fingerprint density at radius 3 is 2.95 bits per heavy atom. The molecule has 5 nitrogen and oxygen atoms in total. The van der Waals surface area contributed by atoms with Gasteiger partial charge in [0.2, 0.25) is 0 Å². The van der Waals surface area contributed by atoms with Crippen molar-refractivity contribution in [1.29, 1.82) is 5.26 Å². The van der Waals surface area contributed by atoms with Crippen molar-refractivity contribution in [2.45, 2.75) is 32.1 Å². The third-order valence-corrected chi connectivity index (χ3v) is 3.65. The van der Waals surface area contributed by atoms with Crippen LogP contribution >= 0.6 is 0 Å². The quantitative estimate of drug-likeness (QED) is 0.850. The Kier molecular flexibility index (Phi) is 4.96. The maximum absolute atomic E-state index is 8.60. The highest BCUT2D eigenvalue weighted by atomic mass is 15.2. The van der Waals surface area contributed by atoms with Gasteiger partial charge in [-0.1, -0.05) is 12.8 Å². The minimum Gasteiger partial charge on any atom is -0.370 e. The van der Waals surface area contributed by atoms with E-state index in [-0.39, 0.29) is 0 Å². The standard InChI is InChI=1S/C14H21N5/c1-19(8-4-7-15)14-9-13(17-11-18-14)16-10-12-5-2-3-6-12/h9,11-12H,2-6,8,10H2,1H3,(H,16,17,18). The molecule has 2 rings (SSSR count). The van der Waals surface area contributed by atoms with Crippen LogP contribution in [0.5, 0.6) is 0 Å². The number of nitrogens with zero attached hydrogens (tertiary/aromatic N) is 4. The predicted octanol–water partition coefficient (Wildman–Crippen LogP) is 2.43. The van der Waals surface area contributed by atoms with Gasteiger partial charge in [0.15, 0.2) is 0 Å². The molecule has 0 aromatic carbocycles. The van der Waals surface area contributed by atoms with Gasteiger partial charge in [0.1, 0.15) is 18.0 Å². The maximum atomic E-state index is 8.60. The lowest BCUT2D eigenvalue weighted by Crippen LogP contribution is -2.20. The van der Waals surface area contributed by atoms with E-state index in [1.807, 2.05) is 18.0 Å². The molecular formula is C14H21N5. The van der Waals surface area contributed by atoms with E-state index in [1.54, 1.807) is 6.33 Å². The fourth-order valence-corrected chi connectivity index (χ4v) is 2.45. The highest BCUT2D eigenvalue weighted by molar-refractivity contribution is 5.47. The fraction of sp³-hybridized carbons (Fsp3) is 0.643. The molecule has 0 radical (unpaired) electrons. The molecule has 0 amide bonds. The van der Waals surface area contributed by atoms with E-state index in [1.165, 1.54) is 25.7 Å². The summed E-state index contributed by atoms with van der Waals surface area (Å²) >= 11 is 0. The van der Waals surface area contributed by atoms with E-state index in [4.69, 9.17) is 5.26 Å². The summed E-state index contributed by atoms with van der Waals surface area (Å²) in [6.07, 6.45) is 7.46. The zero-order chi connectivity index (χ0) is 13.5. The highest BCUT2D eigenvalue weighted by Gasteiger charge is 2.14. The summed E-state index contributed by atoms with van der Waals surface area (Å²) in [5, 5.41) is 12.0. The molecule has 102 valence electrons. The minimum absolute atomic E-state index is 0.505. The summed E-state index contributed by atoms with van der Waals surface area (Å²) in [4.78, 5) is 10.5. The van der Waals surface area contributed by atoms with Crippen molar-refractivity contribution < 1.29 is 0 Å². The van der Waals surface area contributed by atoms with Crippen molar-refractivity contribution in [2.24, 2.45) is 5.92 Å². The lowest BCUT2D eigenvalue weighted by atomic mass is 10.1. The number of nitriles is 1. The van der Waals surface area contributed by atoms with Crippen LogP contribution in [0.4, 0.5) is 11.6 Å². The number of nitrogens with one attached hydrogen (secondary N) is 1. The first-order valence-corrected chi connectivity index (χ1v) is 6.93. The zero-order valence-electron chi connectivity index (χ0n) is 11.5. The second kappa shape index (κ2) is 6.93. The third-order valence-electron chi connectivity index (χ3n) is 3.65. The van der Waals surface area contributed by atoms with Gasteiger partial charge < -0.3 is 10.2 Å². The molecule has 1 aliphatic rings. The zero-order valence-corrected chi connectivity index (χ0v) is 11.5. The van der Waals surface area contributed by atoms with Crippen molar-refractivity contribution in [1.82, 2.24) is 9.97 Å². The molecule has 1 heterocycles. The summed E-state index contributed by atoms with van der Waals surface area (Å²) in [6.45, 7) is 1.69. The maximum Gasteiger partial charge on any atom is 0.133 e. The Bertz CT molecular complexity index is 434. The lowest BCUT2D eigenvalue weighted by Gasteiger charge is -2.17. The van der Waals surface area contributed by atoms with Gasteiger partial charge in [-0.3, -0.25) is 0 Å². The van der Waals surface area contributed by atoms with Crippen LogP contribution in [0.15, 0.2) is 12.4 Å². The molecule has 0 spiro atoms. The monoisotopic (exact) mass is 259 g/mol. The molecule has 1 aromatic heterocycles. The van der Waals surface area contributed by atoms with Crippen LogP contribution in [0, 0.1) is 17.2 Å². The minimum atomic E-state index is 0.505. The number of aromatic nitrogens is 2. The first-order chi connectivity index (χ1) is 9.29. The summed E-state index contributed by atoms with van der Waals surface area (Å²) in [5.41, 5.74) is 0. The Balaban J connectivity index is 1.88. The second-order valence-corrected chi connectivity index (χ2v) is 5.12. The van der Waals surface area contributed by atoms with Crippen LogP contribution in [0.25, 0.3) is 0 Å². The topological polar surface area (TPSA) is 64.8 Å². The SMILES string of the molecule is CN(CCC#N)c1cc(NCC2CCCC2)ncn1. The van der Waals surface area contributed by atoms with Gasteiger partial charge in [0, 0.05) is 26.2 Å². The Morgan fingerprint density at radius 1 is 1.42 bits per heavy atom. The summed E-state index contributed by atoms with van der Waals surface area (Å²) in [7, 11) is 1.94. The van der Waals surface area contributed by atoms with Crippen molar-refractivity contribution in [2.75, 3.05) is 30.4 Å². The Labute approximate surface area is 114 Å². The number of rotatable bonds is 6. The fourth-order valence-electron chi connectivity index (χ4n) is 2.45. The van der Waals surface area contributed by atoms with Gasteiger partial charge in [0.05, 0.1) is 12.5 Å². The average Bonchev–Trinajstić information content (AvgIpc) is 2.96. The average molecular weight is 259 g/mol. The molecule has 1 fully saturated rings. The highest BCUT2D eigenvalue weighted by Crippen LogP contribution is 2.25. The van der Waals surface area contributed by atoms with Crippen LogP contribution in [0.2, 0.25) is 0 Å². The van der Waals surface area contributed by atoms with Gasteiger partial charge in [0.25, 0.3) is 0 Å². The van der Waals surface area contributed by atoms with Gasteiger partial charge in [-0.05, 0) is 18.8 Å². The smallest absolute Gasteiger partial charge is 0.133 e. The van der Waals surface area contributed by atoms with Crippen LogP contribution in [-0.4, -0.2) is 30.1 Å². The van der Waals surface area contributed by atoms with E-state index < -0.39 is 0 Å². The summed E-state index contributed by atoms with van der Waals surface area (Å²) in [5.74, 6) is 2.52. The van der Waals surface area contributed by atoms with Gasteiger partial charge >= 0.3 is 0 Å². The van der Waals surface area contributed by atoms with E-state index in [0.717, 1.165) is 24.1 Å². The molecule has 1 aliphatic carbocycles. The molecule has 0 atom stereocenters. The first-order valence-electron chi connectivity index (χ1n) is 6.93. The van der Waals surface area contributed by atoms with E-state index in [2.05, 4.69) is 21.4 Å². The van der Waals surface area contributed by atoms with E-state index >= 15 is 0 Å². The molecule has 0 saturated heterocycles.